The molecule has 1 saturated carbocycles. The van der Waals surface area contributed by atoms with Crippen molar-refractivity contribution in [2.24, 2.45) is 5.92 Å². The lowest BCUT2D eigenvalue weighted by Gasteiger charge is -2.35. The van der Waals surface area contributed by atoms with E-state index >= 15 is 0 Å². The molecular weight excluding hydrogens is 464 g/mol. The molecule has 9 nitrogen and oxygen atoms in total. The Morgan fingerprint density at radius 2 is 1.80 bits per heavy atom. The van der Waals surface area contributed by atoms with Crippen LogP contribution in [0.4, 0.5) is 5.00 Å². The van der Waals surface area contributed by atoms with E-state index in [0.717, 1.165) is 55.6 Å². The Labute approximate surface area is 210 Å². The van der Waals surface area contributed by atoms with Crippen molar-refractivity contribution in [3.05, 3.63) is 30.3 Å². The topological polar surface area (TPSA) is 116 Å². The van der Waals surface area contributed by atoms with Crippen LogP contribution in [0.3, 0.4) is 0 Å². The molecule has 0 spiro atoms. The molecule has 10 heteroatoms. The number of hydrogen-bond acceptors (Lipinski definition) is 7. The summed E-state index contributed by atoms with van der Waals surface area (Å²) in [4.78, 5) is 41.5. The van der Waals surface area contributed by atoms with Crippen molar-refractivity contribution in [3.63, 3.8) is 0 Å². The van der Waals surface area contributed by atoms with Crippen molar-refractivity contribution in [2.45, 2.75) is 70.0 Å². The van der Waals surface area contributed by atoms with Gasteiger partial charge in [-0.2, -0.15) is 0 Å². The number of nitrogens with one attached hydrogen (secondary N) is 3. The Bertz CT molecular complexity index is 1020. The van der Waals surface area contributed by atoms with Gasteiger partial charge in [-0.3, -0.25) is 14.4 Å². The highest BCUT2D eigenvalue weighted by Gasteiger charge is 2.41. The monoisotopic (exact) mass is 498 g/mol. The second kappa shape index (κ2) is 11.7. The zero-order chi connectivity index (χ0) is 24.8. The predicted molar refractivity (Wildman–Crippen MR) is 136 cm³/mol. The maximum atomic E-state index is 13.8. The van der Waals surface area contributed by atoms with Crippen LogP contribution in [0.1, 0.15) is 51.9 Å². The molecule has 2 unspecified atom stereocenters. The van der Waals surface area contributed by atoms with Crippen LogP contribution in [-0.4, -0.2) is 63.9 Å². The fourth-order valence-electron chi connectivity index (χ4n) is 4.99. The third-order valence-corrected chi connectivity index (χ3v) is 7.76. The molecule has 35 heavy (non-hydrogen) atoms. The minimum Gasteiger partial charge on any atom is -0.343 e. The first-order valence-corrected chi connectivity index (χ1v) is 13.2. The van der Waals surface area contributed by atoms with Crippen molar-refractivity contribution in [1.29, 1.82) is 0 Å². The zero-order valence-corrected chi connectivity index (χ0v) is 21.1. The Hall–Kier alpha value is -2.85. The van der Waals surface area contributed by atoms with E-state index in [1.165, 1.54) is 0 Å². The van der Waals surface area contributed by atoms with Crippen molar-refractivity contribution in [3.8, 4) is 11.3 Å². The van der Waals surface area contributed by atoms with Crippen LogP contribution in [0.2, 0.25) is 0 Å². The first kappa shape index (κ1) is 25.2. The number of carbonyl (C=O) groups is 3. The fourth-order valence-corrected chi connectivity index (χ4v) is 5.59. The molecule has 1 aromatic heterocycles. The van der Waals surface area contributed by atoms with E-state index in [9.17, 15) is 14.4 Å². The number of hydrogen-bond donors (Lipinski definition) is 3. The summed E-state index contributed by atoms with van der Waals surface area (Å²) in [5, 5.41) is 13.7. The van der Waals surface area contributed by atoms with Crippen molar-refractivity contribution in [2.75, 3.05) is 18.9 Å². The number of benzene rings is 1. The van der Waals surface area contributed by atoms with Gasteiger partial charge < -0.3 is 20.9 Å². The van der Waals surface area contributed by atoms with Crippen LogP contribution in [0, 0.1) is 5.92 Å². The van der Waals surface area contributed by atoms with Gasteiger partial charge in [0, 0.05) is 23.6 Å². The van der Waals surface area contributed by atoms with Gasteiger partial charge in [0.25, 0.3) is 0 Å². The highest BCUT2D eigenvalue weighted by molar-refractivity contribution is 7.10. The molecule has 3 amide bonds. The van der Waals surface area contributed by atoms with Gasteiger partial charge in [-0.05, 0) is 45.6 Å². The quantitative estimate of drug-likeness (QED) is 0.515. The number of rotatable bonds is 8. The number of carbonyl (C=O) groups excluding carboxylic acids is 3. The van der Waals surface area contributed by atoms with Crippen LogP contribution in [0.25, 0.3) is 11.3 Å². The average Bonchev–Trinajstić information content (AvgIpc) is 3.57. The van der Waals surface area contributed by atoms with E-state index in [1.807, 2.05) is 30.3 Å². The van der Waals surface area contributed by atoms with Crippen LogP contribution in [0.15, 0.2) is 30.3 Å². The van der Waals surface area contributed by atoms with Crippen molar-refractivity contribution >= 4 is 34.3 Å². The molecule has 1 aliphatic heterocycles. The van der Waals surface area contributed by atoms with Crippen LogP contribution in [0.5, 0.6) is 0 Å². The third-order valence-electron chi connectivity index (χ3n) is 7.12. The van der Waals surface area contributed by atoms with Gasteiger partial charge in [0.15, 0.2) is 0 Å². The summed E-state index contributed by atoms with van der Waals surface area (Å²) in [6.07, 6.45) is 6.40. The molecule has 1 aliphatic carbocycles. The first-order valence-electron chi connectivity index (χ1n) is 12.5. The summed E-state index contributed by atoms with van der Waals surface area (Å²) in [6, 6.07) is 7.97. The molecule has 2 heterocycles. The van der Waals surface area contributed by atoms with Crippen LogP contribution >= 0.6 is 11.5 Å². The Morgan fingerprint density at radius 1 is 1.06 bits per heavy atom. The highest BCUT2D eigenvalue weighted by Crippen LogP contribution is 2.31. The number of aromatic nitrogens is 2. The van der Waals surface area contributed by atoms with E-state index in [4.69, 9.17) is 0 Å². The Morgan fingerprint density at radius 3 is 2.51 bits per heavy atom. The number of anilines is 1. The van der Waals surface area contributed by atoms with E-state index in [1.54, 1.807) is 18.9 Å². The van der Waals surface area contributed by atoms with Crippen molar-refractivity contribution < 1.29 is 14.4 Å². The summed E-state index contributed by atoms with van der Waals surface area (Å²) in [7, 11) is 1.72. The van der Waals surface area contributed by atoms with E-state index in [-0.39, 0.29) is 23.6 Å². The van der Waals surface area contributed by atoms with Gasteiger partial charge in [0.1, 0.15) is 22.8 Å². The third kappa shape index (κ3) is 5.87. The second-order valence-electron chi connectivity index (χ2n) is 9.39. The second-order valence-corrected chi connectivity index (χ2v) is 10.1. The predicted octanol–water partition coefficient (Wildman–Crippen LogP) is 2.81. The molecule has 2 aromatic rings. The van der Waals surface area contributed by atoms with Gasteiger partial charge in [0.05, 0.1) is 6.04 Å². The molecule has 2 aliphatic rings. The van der Waals surface area contributed by atoms with Crippen LogP contribution < -0.4 is 16.0 Å². The summed E-state index contributed by atoms with van der Waals surface area (Å²) in [5.74, 6) is -0.503. The molecule has 4 rings (SSSR count). The van der Waals surface area contributed by atoms with Gasteiger partial charge in [-0.1, -0.05) is 54.1 Å². The van der Waals surface area contributed by atoms with E-state index in [2.05, 4.69) is 25.5 Å². The highest BCUT2D eigenvalue weighted by atomic mass is 32.1. The number of likely N-dealkylation sites (tertiary alicyclic amines) is 1. The standard InChI is InChI=1S/C25H34N6O3S/c1-16(26-2)22(32)27-21(18-12-7-4-8-13-18)25(34)31-15-9-14-19(31)23(33)28-24-20(29-30-35-24)17-10-5-3-6-11-17/h3,5-6,10-11,16,18-19,21,26H,4,7-9,12-15H2,1-2H3,(H,27,32)(H,28,33)/t16-,19?,21?/m0/s1. The SMILES string of the molecule is CN[C@@H](C)C(=O)NC(C(=O)N1CCCC1C(=O)Nc1snnc1-c1ccccc1)C1CCCCC1. The van der Waals surface area contributed by atoms with Gasteiger partial charge in [0.2, 0.25) is 17.7 Å². The molecule has 0 bridgehead atoms. The lowest BCUT2D eigenvalue weighted by molar-refractivity contribution is -0.142. The van der Waals surface area contributed by atoms with Crippen LogP contribution in [-0.2, 0) is 14.4 Å². The smallest absolute Gasteiger partial charge is 0.247 e. The molecule has 1 aromatic carbocycles. The average molecular weight is 499 g/mol. The summed E-state index contributed by atoms with van der Waals surface area (Å²) in [6.45, 7) is 2.28. The van der Waals surface area contributed by atoms with E-state index < -0.39 is 18.1 Å². The minimum atomic E-state index is -0.614. The molecule has 3 N–H and O–H groups in total. The molecule has 1 saturated heterocycles. The minimum absolute atomic E-state index is 0.0870. The van der Waals surface area contributed by atoms with Gasteiger partial charge >= 0.3 is 0 Å². The normalized spacial score (nSPS) is 20.3. The zero-order valence-electron chi connectivity index (χ0n) is 20.3. The molecule has 3 atom stereocenters. The lowest BCUT2D eigenvalue weighted by Crippen LogP contribution is -2.57. The molecule has 2 fully saturated rings. The Balaban J connectivity index is 1.50. The number of nitrogens with zero attached hydrogens (tertiary/aromatic N) is 3. The lowest BCUT2D eigenvalue weighted by atomic mass is 9.83. The fraction of sp³-hybridized carbons (Fsp3) is 0.560. The number of amides is 3. The van der Waals surface area contributed by atoms with Crippen molar-refractivity contribution in [1.82, 2.24) is 25.1 Å². The van der Waals surface area contributed by atoms with Gasteiger partial charge in [-0.15, -0.1) is 5.10 Å². The summed E-state index contributed by atoms with van der Waals surface area (Å²) in [5.41, 5.74) is 1.49. The largest absolute Gasteiger partial charge is 0.343 e. The summed E-state index contributed by atoms with van der Waals surface area (Å²) < 4.78 is 4.02. The first-order chi connectivity index (χ1) is 17.0. The molecule has 0 radical (unpaired) electrons. The van der Waals surface area contributed by atoms with Gasteiger partial charge in [-0.25, -0.2) is 0 Å². The van der Waals surface area contributed by atoms with E-state index in [0.29, 0.717) is 23.7 Å². The molecule has 188 valence electrons. The Kier molecular flexibility index (Phi) is 8.46. The maximum absolute atomic E-state index is 13.8. The maximum Gasteiger partial charge on any atom is 0.247 e. The molecular formula is C25H34N6O3S. The summed E-state index contributed by atoms with van der Waals surface area (Å²) >= 11 is 1.12. The number of likely N-dealkylation sites (N-methyl/N-ethyl adjacent to an activating group) is 1.